The van der Waals surface area contributed by atoms with Crippen molar-refractivity contribution in [3.05, 3.63) is 30.3 Å². The molecule has 0 spiro atoms. The van der Waals surface area contributed by atoms with Gasteiger partial charge in [-0.1, -0.05) is 18.2 Å². The Morgan fingerprint density at radius 3 is 2.00 bits per heavy atom. The van der Waals surface area contributed by atoms with E-state index in [4.69, 9.17) is 0 Å². The molecule has 20 heavy (non-hydrogen) atoms. The molecule has 1 rings (SSSR count). The maximum absolute atomic E-state index is 4.63. The van der Waals surface area contributed by atoms with Gasteiger partial charge in [0.1, 0.15) is 0 Å². The maximum Gasteiger partial charge on any atom is 0.195 e. The molecule has 0 aliphatic rings. The van der Waals surface area contributed by atoms with Crippen LogP contribution in [0.3, 0.4) is 0 Å². The van der Waals surface area contributed by atoms with E-state index in [1.165, 1.54) is 5.69 Å². The molecule has 0 amide bonds. The van der Waals surface area contributed by atoms with E-state index in [1.54, 1.807) is 0 Å². The first-order chi connectivity index (χ1) is 9.02. The topological polar surface area (TPSA) is 22.1 Å². The molecule has 5 heteroatoms. The highest BCUT2D eigenvalue weighted by Crippen LogP contribution is 2.10. The zero-order valence-corrected chi connectivity index (χ0v) is 15.5. The summed E-state index contributed by atoms with van der Waals surface area (Å²) in [5, 5.41) is 0. The number of guanidine groups is 1. The quantitative estimate of drug-likeness (QED) is 0.334. The molecule has 4 nitrogen and oxygen atoms in total. The van der Waals surface area contributed by atoms with Gasteiger partial charge >= 0.3 is 0 Å². The van der Waals surface area contributed by atoms with Crippen LogP contribution in [0.2, 0.25) is 0 Å². The Hall–Kier alpha value is -0.980. The lowest BCUT2D eigenvalue weighted by Gasteiger charge is -2.23. The molecule has 0 bridgehead atoms. The highest BCUT2D eigenvalue weighted by Gasteiger charge is 2.03. The third-order valence-electron chi connectivity index (χ3n) is 2.90. The van der Waals surface area contributed by atoms with Gasteiger partial charge in [0.15, 0.2) is 5.96 Å². The van der Waals surface area contributed by atoms with Crippen LogP contribution in [0.15, 0.2) is 35.3 Å². The van der Waals surface area contributed by atoms with Crippen LogP contribution in [0.4, 0.5) is 5.69 Å². The molecule has 0 fully saturated rings. The number of hydrogen-bond acceptors (Lipinski definition) is 2. The molecule has 0 radical (unpaired) electrons. The number of aliphatic imine (C=N–C) groups is 1. The van der Waals surface area contributed by atoms with Crippen LogP contribution in [0, 0.1) is 0 Å². The summed E-state index contributed by atoms with van der Waals surface area (Å²) in [5.41, 5.74) is 1.26. The van der Waals surface area contributed by atoms with Crippen molar-refractivity contribution >= 4 is 35.6 Å². The summed E-state index contributed by atoms with van der Waals surface area (Å²) in [6, 6.07) is 10.4. The first kappa shape index (κ1) is 19.0. The average Bonchev–Trinajstić information content (AvgIpc) is 2.38. The second-order valence-corrected chi connectivity index (χ2v) is 5.08. The van der Waals surface area contributed by atoms with Crippen LogP contribution in [-0.2, 0) is 0 Å². The SMILES string of the molecule is CN(C)C(=NCCCN(C)c1ccccc1)N(C)C.I. The number of benzene rings is 1. The van der Waals surface area contributed by atoms with Crippen molar-refractivity contribution < 1.29 is 0 Å². The Labute approximate surface area is 140 Å². The minimum absolute atomic E-state index is 0. The molecule has 0 saturated carbocycles. The monoisotopic (exact) mass is 390 g/mol. The standard InChI is InChI=1S/C15H26N4.HI/c1-17(2)15(18(3)4)16-12-9-13-19(5)14-10-7-6-8-11-14;/h6-8,10-11H,9,12-13H2,1-5H3;1H. The summed E-state index contributed by atoms with van der Waals surface area (Å²) in [6.07, 6.45) is 1.05. The third-order valence-corrected chi connectivity index (χ3v) is 2.90. The molecule has 0 unspecified atom stereocenters. The van der Waals surface area contributed by atoms with Crippen LogP contribution >= 0.6 is 24.0 Å². The summed E-state index contributed by atoms with van der Waals surface area (Å²) in [5.74, 6) is 1.02. The number of para-hydroxylation sites is 1. The van der Waals surface area contributed by atoms with Gasteiger partial charge < -0.3 is 14.7 Å². The Bertz CT molecular complexity index is 380. The van der Waals surface area contributed by atoms with Gasteiger partial charge in [-0.3, -0.25) is 4.99 Å². The van der Waals surface area contributed by atoms with Gasteiger partial charge in [0.05, 0.1) is 0 Å². The van der Waals surface area contributed by atoms with Crippen LogP contribution < -0.4 is 4.90 Å². The minimum atomic E-state index is 0. The van der Waals surface area contributed by atoms with Crippen molar-refractivity contribution in [2.24, 2.45) is 4.99 Å². The molecule has 0 atom stereocenters. The molecule has 0 aromatic heterocycles. The maximum atomic E-state index is 4.63. The lowest BCUT2D eigenvalue weighted by Crippen LogP contribution is -2.35. The molecule has 0 aliphatic carbocycles. The number of halogens is 1. The first-order valence-corrected chi connectivity index (χ1v) is 6.67. The minimum Gasteiger partial charge on any atom is -0.375 e. The fourth-order valence-corrected chi connectivity index (χ4v) is 1.98. The smallest absolute Gasteiger partial charge is 0.195 e. The van der Waals surface area contributed by atoms with Crippen LogP contribution in [-0.4, -0.2) is 64.1 Å². The van der Waals surface area contributed by atoms with Crippen molar-refractivity contribution in [2.45, 2.75) is 6.42 Å². The van der Waals surface area contributed by atoms with E-state index < -0.39 is 0 Å². The normalized spacial score (nSPS) is 9.45. The zero-order valence-electron chi connectivity index (χ0n) is 13.2. The van der Waals surface area contributed by atoms with E-state index in [2.05, 4.69) is 41.2 Å². The molecular weight excluding hydrogens is 363 g/mol. The third kappa shape index (κ3) is 6.45. The average molecular weight is 390 g/mol. The van der Waals surface area contributed by atoms with E-state index >= 15 is 0 Å². The number of rotatable bonds is 5. The second kappa shape index (κ2) is 9.85. The van der Waals surface area contributed by atoms with Gasteiger partial charge in [-0.15, -0.1) is 24.0 Å². The molecule has 0 heterocycles. The predicted molar refractivity (Wildman–Crippen MR) is 99.4 cm³/mol. The molecule has 0 aliphatic heterocycles. The largest absolute Gasteiger partial charge is 0.375 e. The van der Waals surface area contributed by atoms with Gasteiger partial charge in [0, 0.05) is 54.0 Å². The van der Waals surface area contributed by atoms with Gasteiger partial charge in [-0.2, -0.15) is 0 Å². The fraction of sp³-hybridized carbons (Fsp3) is 0.533. The van der Waals surface area contributed by atoms with Crippen molar-refractivity contribution in [3.63, 3.8) is 0 Å². The lowest BCUT2D eigenvalue weighted by atomic mass is 10.3. The molecule has 1 aromatic rings. The Kier molecular flexibility index (Phi) is 9.37. The molecular formula is C15H27IN4. The molecule has 1 aromatic carbocycles. The summed E-state index contributed by atoms with van der Waals surface area (Å²) in [7, 11) is 10.2. The summed E-state index contributed by atoms with van der Waals surface area (Å²) < 4.78 is 0. The van der Waals surface area contributed by atoms with E-state index in [0.717, 1.165) is 25.5 Å². The van der Waals surface area contributed by atoms with E-state index in [9.17, 15) is 0 Å². The van der Waals surface area contributed by atoms with Crippen molar-refractivity contribution in [2.75, 3.05) is 53.2 Å². The number of nitrogens with zero attached hydrogens (tertiary/aromatic N) is 4. The van der Waals surface area contributed by atoms with E-state index in [1.807, 2.05) is 44.1 Å². The molecule has 114 valence electrons. The summed E-state index contributed by atoms with van der Waals surface area (Å²) in [6.45, 7) is 1.87. The zero-order chi connectivity index (χ0) is 14.3. The number of hydrogen-bond donors (Lipinski definition) is 0. The fourth-order valence-electron chi connectivity index (χ4n) is 1.98. The Morgan fingerprint density at radius 2 is 1.50 bits per heavy atom. The molecule has 0 N–H and O–H groups in total. The summed E-state index contributed by atoms with van der Waals surface area (Å²) in [4.78, 5) is 11.0. The van der Waals surface area contributed by atoms with Crippen LogP contribution in [0.25, 0.3) is 0 Å². The summed E-state index contributed by atoms with van der Waals surface area (Å²) >= 11 is 0. The van der Waals surface area contributed by atoms with E-state index in [-0.39, 0.29) is 24.0 Å². The molecule has 0 saturated heterocycles. The highest BCUT2D eigenvalue weighted by atomic mass is 127. The lowest BCUT2D eigenvalue weighted by molar-refractivity contribution is 0.479. The van der Waals surface area contributed by atoms with Gasteiger partial charge in [-0.05, 0) is 18.6 Å². The van der Waals surface area contributed by atoms with Crippen LogP contribution in [0.1, 0.15) is 6.42 Å². The first-order valence-electron chi connectivity index (χ1n) is 6.67. The van der Waals surface area contributed by atoms with Crippen molar-refractivity contribution in [1.29, 1.82) is 0 Å². The Morgan fingerprint density at radius 1 is 0.950 bits per heavy atom. The van der Waals surface area contributed by atoms with Crippen molar-refractivity contribution in [3.8, 4) is 0 Å². The van der Waals surface area contributed by atoms with Crippen molar-refractivity contribution in [1.82, 2.24) is 9.80 Å². The predicted octanol–water partition coefficient (Wildman–Crippen LogP) is 2.61. The van der Waals surface area contributed by atoms with Gasteiger partial charge in [-0.25, -0.2) is 0 Å². The van der Waals surface area contributed by atoms with Crippen LogP contribution in [0.5, 0.6) is 0 Å². The Balaban J connectivity index is 0.00000361. The van der Waals surface area contributed by atoms with Gasteiger partial charge in [0.25, 0.3) is 0 Å². The second-order valence-electron chi connectivity index (χ2n) is 5.08. The van der Waals surface area contributed by atoms with E-state index in [0.29, 0.717) is 0 Å². The highest BCUT2D eigenvalue weighted by molar-refractivity contribution is 14.0. The van der Waals surface area contributed by atoms with Gasteiger partial charge in [0.2, 0.25) is 0 Å². The number of anilines is 1.